The molecule has 0 atom stereocenters. The second-order valence-corrected chi connectivity index (χ2v) is 3.28. The van der Waals surface area contributed by atoms with E-state index in [9.17, 15) is 0 Å². The fraction of sp³-hybridized carbons (Fsp3) is 0.364. The van der Waals surface area contributed by atoms with Gasteiger partial charge in [-0.15, -0.1) is 0 Å². The van der Waals surface area contributed by atoms with Gasteiger partial charge in [-0.1, -0.05) is 0 Å². The van der Waals surface area contributed by atoms with Crippen LogP contribution in [0.4, 0.5) is 0 Å². The van der Waals surface area contributed by atoms with Crippen LogP contribution >= 0.6 is 0 Å². The number of hydrogen-bond donors (Lipinski definition) is 3. The van der Waals surface area contributed by atoms with Crippen molar-refractivity contribution in [1.82, 2.24) is 0 Å². The molecule has 1 aromatic rings. The van der Waals surface area contributed by atoms with Crippen molar-refractivity contribution in [3.8, 4) is 5.75 Å². The van der Waals surface area contributed by atoms with Gasteiger partial charge < -0.3 is 16.2 Å². The molecule has 0 saturated heterocycles. The first kappa shape index (κ1) is 11.5. The number of unbranched alkanes of at least 4 members (excludes halogenated alkanes) is 1. The van der Waals surface area contributed by atoms with Crippen LogP contribution in [0, 0.1) is 5.41 Å². The van der Waals surface area contributed by atoms with Gasteiger partial charge in [-0.25, -0.2) is 0 Å². The Labute approximate surface area is 89.7 Å². The van der Waals surface area contributed by atoms with Gasteiger partial charge in [-0.2, -0.15) is 0 Å². The number of amidine groups is 1. The SMILES string of the molecule is N=C(N)c1ccc(OCCCCN)cc1. The first-order valence-electron chi connectivity index (χ1n) is 5.01. The largest absolute Gasteiger partial charge is 0.494 e. The van der Waals surface area contributed by atoms with Gasteiger partial charge in [0.1, 0.15) is 11.6 Å². The summed E-state index contributed by atoms with van der Waals surface area (Å²) in [6.07, 6.45) is 1.94. The Morgan fingerprint density at radius 3 is 2.40 bits per heavy atom. The van der Waals surface area contributed by atoms with Gasteiger partial charge in [0, 0.05) is 5.56 Å². The molecule has 0 radical (unpaired) electrons. The molecular weight excluding hydrogens is 190 g/mol. The van der Waals surface area contributed by atoms with E-state index in [2.05, 4.69) is 0 Å². The fourth-order valence-electron chi connectivity index (χ4n) is 1.17. The Morgan fingerprint density at radius 1 is 1.20 bits per heavy atom. The molecule has 1 rings (SSSR count). The highest BCUT2D eigenvalue weighted by Gasteiger charge is 1.97. The predicted molar refractivity (Wildman–Crippen MR) is 61.2 cm³/mol. The van der Waals surface area contributed by atoms with Gasteiger partial charge in [0.25, 0.3) is 0 Å². The Morgan fingerprint density at radius 2 is 1.87 bits per heavy atom. The maximum absolute atomic E-state index is 7.22. The third kappa shape index (κ3) is 3.99. The number of benzene rings is 1. The van der Waals surface area contributed by atoms with E-state index in [0.717, 1.165) is 18.6 Å². The summed E-state index contributed by atoms with van der Waals surface area (Å²) in [5.74, 6) is 0.877. The Balaban J connectivity index is 2.39. The summed E-state index contributed by atoms with van der Waals surface area (Å²) >= 11 is 0. The number of hydrogen-bond acceptors (Lipinski definition) is 3. The molecular formula is C11H17N3O. The van der Waals surface area contributed by atoms with Crippen molar-refractivity contribution in [2.45, 2.75) is 12.8 Å². The average molecular weight is 207 g/mol. The molecule has 0 aliphatic rings. The molecule has 0 fully saturated rings. The second kappa shape index (κ2) is 6.03. The molecule has 0 saturated carbocycles. The molecule has 0 amide bonds. The van der Waals surface area contributed by atoms with Crippen molar-refractivity contribution < 1.29 is 4.74 Å². The van der Waals surface area contributed by atoms with E-state index in [0.29, 0.717) is 18.7 Å². The summed E-state index contributed by atoms with van der Waals surface area (Å²) < 4.78 is 5.48. The van der Waals surface area contributed by atoms with E-state index >= 15 is 0 Å². The summed E-state index contributed by atoms with van der Waals surface area (Å²) in [6.45, 7) is 1.38. The smallest absolute Gasteiger partial charge is 0.122 e. The van der Waals surface area contributed by atoms with Gasteiger partial charge in [-0.3, -0.25) is 5.41 Å². The Kier molecular flexibility index (Phi) is 4.63. The van der Waals surface area contributed by atoms with E-state index in [1.165, 1.54) is 0 Å². The monoisotopic (exact) mass is 207 g/mol. The number of ether oxygens (including phenoxy) is 1. The lowest BCUT2D eigenvalue weighted by Crippen LogP contribution is -2.10. The summed E-state index contributed by atoms with van der Waals surface area (Å²) in [5, 5.41) is 7.22. The normalized spacial score (nSPS) is 9.93. The molecule has 4 heteroatoms. The maximum Gasteiger partial charge on any atom is 0.122 e. The van der Waals surface area contributed by atoms with Crippen LogP contribution in [-0.2, 0) is 0 Å². The third-order valence-electron chi connectivity index (χ3n) is 2.03. The molecule has 0 bridgehead atoms. The zero-order valence-corrected chi connectivity index (χ0v) is 8.70. The van der Waals surface area contributed by atoms with Crippen molar-refractivity contribution in [1.29, 1.82) is 5.41 Å². The molecule has 0 heterocycles. The van der Waals surface area contributed by atoms with Crippen molar-refractivity contribution in [2.24, 2.45) is 11.5 Å². The molecule has 0 unspecified atom stereocenters. The van der Waals surface area contributed by atoms with Gasteiger partial charge in [0.05, 0.1) is 6.61 Å². The summed E-state index contributed by atoms with van der Waals surface area (Å²) in [5.41, 5.74) is 11.4. The van der Waals surface area contributed by atoms with E-state index in [1.807, 2.05) is 12.1 Å². The lowest BCUT2D eigenvalue weighted by Gasteiger charge is -2.06. The lowest BCUT2D eigenvalue weighted by atomic mass is 10.2. The molecule has 4 nitrogen and oxygen atoms in total. The van der Waals surface area contributed by atoms with Gasteiger partial charge >= 0.3 is 0 Å². The highest BCUT2D eigenvalue weighted by atomic mass is 16.5. The molecule has 1 aromatic carbocycles. The van der Waals surface area contributed by atoms with Crippen molar-refractivity contribution in [3.63, 3.8) is 0 Å². The van der Waals surface area contributed by atoms with E-state index in [4.69, 9.17) is 21.6 Å². The number of nitrogen functional groups attached to an aromatic ring is 1. The second-order valence-electron chi connectivity index (χ2n) is 3.28. The first-order valence-corrected chi connectivity index (χ1v) is 5.01. The minimum atomic E-state index is 0.0738. The van der Waals surface area contributed by atoms with Crippen molar-refractivity contribution in [3.05, 3.63) is 29.8 Å². The summed E-state index contributed by atoms with van der Waals surface area (Å²) in [4.78, 5) is 0. The topological polar surface area (TPSA) is 85.1 Å². The summed E-state index contributed by atoms with van der Waals surface area (Å²) in [7, 11) is 0. The highest BCUT2D eigenvalue weighted by molar-refractivity contribution is 5.94. The number of nitrogens with two attached hydrogens (primary N) is 2. The van der Waals surface area contributed by atoms with Crippen LogP contribution in [0.5, 0.6) is 5.75 Å². The lowest BCUT2D eigenvalue weighted by molar-refractivity contribution is 0.308. The van der Waals surface area contributed by atoms with Crippen molar-refractivity contribution >= 4 is 5.84 Å². The minimum Gasteiger partial charge on any atom is -0.494 e. The zero-order chi connectivity index (χ0) is 11.1. The Bertz CT molecular complexity index is 308. The van der Waals surface area contributed by atoms with Crippen LogP contribution in [0.1, 0.15) is 18.4 Å². The maximum atomic E-state index is 7.22. The zero-order valence-electron chi connectivity index (χ0n) is 8.70. The molecule has 0 aliphatic carbocycles. The predicted octanol–water partition coefficient (Wildman–Crippen LogP) is 1.09. The highest BCUT2D eigenvalue weighted by Crippen LogP contribution is 2.12. The fourth-order valence-corrected chi connectivity index (χ4v) is 1.17. The molecule has 82 valence electrons. The van der Waals surface area contributed by atoms with Crippen LogP contribution in [0.15, 0.2) is 24.3 Å². The summed E-state index contributed by atoms with van der Waals surface area (Å²) in [6, 6.07) is 7.19. The van der Waals surface area contributed by atoms with Crippen LogP contribution in [0.25, 0.3) is 0 Å². The van der Waals surface area contributed by atoms with Crippen LogP contribution < -0.4 is 16.2 Å². The third-order valence-corrected chi connectivity index (χ3v) is 2.03. The molecule has 5 N–H and O–H groups in total. The average Bonchev–Trinajstić information content (AvgIpc) is 2.25. The van der Waals surface area contributed by atoms with Crippen LogP contribution in [0.3, 0.4) is 0 Å². The molecule has 0 aliphatic heterocycles. The van der Waals surface area contributed by atoms with Gasteiger partial charge in [0.2, 0.25) is 0 Å². The number of nitrogens with one attached hydrogen (secondary N) is 1. The van der Waals surface area contributed by atoms with E-state index < -0.39 is 0 Å². The molecule has 0 aromatic heterocycles. The quantitative estimate of drug-likeness (QED) is 0.371. The Hall–Kier alpha value is -1.55. The van der Waals surface area contributed by atoms with E-state index in [-0.39, 0.29) is 5.84 Å². The minimum absolute atomic E-state index is 0.0738. The van der Waals surface area contributed by atoms with Crippen LogP contribution in [-0.4, -0.2) is 19.0 Å². The standard InChI is InChI=1S/C11H17N3O/c12-7-1-2-8-15-10-5-3-9(4-6-10)11(13)14/h3-6H,1-2,7-8,12H2,(H3,13,14). The molecule has 0 spiro atoms. The van der Waals surface area contributed by atoms with Crippen LogP contribution in [0.2, 0.25) is 0 Å². The van der Waals surface area contributed by atoms with E-state index in [1.54, 1.807) is 12.1 Å². The van der Waals surface area contributed by atoms with Crippen molar-refractivity contribution in [2.75, 3.05) is 13.2 Å². The van der Waals surface area contributed by atoms with Gasteiger partial charge in [-0.05, 0) is 43.7 Å². The first-order chi connectivity index (χ1) is 7.24. The number of rotatable bonds is 6. The van der Waals surface area contributed by atoms with Gasteiger partial charge in [0.15, 0.2) is 0 Å². The molecule has 15 heavy (non-hydrogen) atoms.